The first-order valence-electron chi connectivity index (χ1n) is 7.51. The van der Waals surface area contributed by atoms with E-state index in [4.69, 9.17) is 9.15 Å². The molecule has 0 radical (unpaired) electrons. The van der Waals surface area contributed by atoms with E-state index in [-0.39, 0.29) is 18.9 Å². The van der Waals surface area contributed by atoms with Crippen LogP contribution < -0.4 is 11.1 Å². The number of aryl methyl sites for hydroxylation is 1. The molecule has 1 N–H and O–H groups in total. The van der Waals surface area contributed by atoms with Crippen molar-refractivity contribution >= 4 is 34.7 Å². The van der Waals surface area contributed by atoms with Gasteiger partial charge in [-0.2, -0.15) is 11.8 Å². The molecule has 0 aliphatic carbocycles. The molecule has 0 aliphatic rings. The van der Waals surface area contributed by atoms with Crippen molar-refractivity contribution in [3.8, 4) is 0 Å². The van der Waals surface area contributed by atoms with E-state index in [2.05, 4.69) is 5.32 Å². The summed E-state index contributed by atoms with van der Waals surface area (Å²) in [7, 11) is 1.29. The molecule has 0 spiro atoms. The highest BCUT2D eigenvalue weighted by Crippen LogP contribution is 2.12. The molecule has 2 aromatic rings. The van der Waals surface area contributed by atoms with Gasteiger partial charge >= 0.3 is 11.7 Å². The first-order chi connectivity index (χ1) is 11.6. The molecular weight excluding hydrogens is 332 g/mol. The monoisotopic (exact) mass is 352 g/mol. The van der Waals surface area contributed by atoms with E-state index in [1.807, 2.05) is 6.26 Å². The van der Waals surface area contributed by atoms with Crippen LogP contribution in [0.5, 0.6) is 0 Å². The Kier molecular flexibility index (Phi) is 6.48. The van der Waals surface area contributed by atoms with Gasteiger partial charge in [-0.25, -0.2) is 9.59 Å². The summed E-state index contributed by atoms with van der Waals surface area (Å²) < 4.78 is 11.2. The Hall–Kier alpha value is -2.22. The summed E-state index contributed by atoms with van der Waals surface area (Å²) in [6.07, 6.45) is 2.48. The lowest BCUT2D eigenvalue weighted by Crippen LogP contribution is -2.42. The molecule has 7 nitrogen and oxygen atoms in total. The minimum Gasteiger partial charge on any atom is -0.467 e. The van der Waals surface area contributed by atoms with Crippen molar-refractivity contribution in [2.75, 3.05) is 19.1 Å². The van der Waals surface area contributed by atoms with E-state index < -0.39 is 17.8 Å². The number of hydrogen-bond acceptors (Lipinski definition) is 6. The first kappa shape index (κ1) is 18.1. The molecule has 1 heterocycles. The lowest BCUT2D eigenvalue weighted by atomic mass is 10.2. The summed E-state index contributed by atoms with van der Waals surface area (Å²) in [6.45, 7) is 0.179. The topological polar surface area (TPSA) is 90.5 Å². The summed E-state index contributed by atoms with van der Waals surface area (Å²) in [5.74, 6) is -0.561. The van der Waals surface area contributed by atoms with Gasteiger partial charge in [-0.15, -0.1) is 0 Å². The van der Waals surface area contributed by atoms with E-state index in [0.29, 0.717) is 17.5 Å². The minimum absolute atomic E-state index is 0.0657. The largest absolute Gasteiger partial charge is 0.467 e. The lowest BCUT2D eigenvalue weighted by molar-refractivity contribution is -0.145. The number of oxazole rings is 1. The Morgan fingerprint density at radius 3 is 2.83 bits per heavy atom. The third-order valence-electron chi connectivity index (χ3n) is 3.57. The average molecular weight is 352 g/mol. The maximum absolute atomic E-state index is 12.1. The summed E-state index contributed by atoms with van der Waals surface area (Å²) in [5, 5.41) is 2.66. The molecule has 0 bridgehead atoms. The Balaban J connectivity index is 1.99. The van der Waals surface area contributed by atoms with Crippen molar-refractivity contribution < 1.29 is 18.7 Å². The molecule has 0 saturated carbocycles. The maximum Gasteiger partial charge on any atom is 0.419 e. The number of esters is 1. The molecular formula is C16H20N2O5S. The number of nitrogens with one attached hydrogen (secondary N) is 1. The van der Waals surface area contributed by atoms with Crippen LogP contribution in [0.25, 0.3) is 11.1 Å². The van der Waals surface area contributed by atoms with Gasteiger partial charge in [0.05, 0.1) is 12.6 Å². The number of hydrogen-bond donors (Lipinski definition) is 1. The van der Waals surface area contributed by atoms with E-state index in [0.717, 1.165) is 5.75 Å². The number of fused-ring (bicyclic) bond motifs is 1. The smallest absolute Gasteiger partial charge is 0.419 e. The van der Waals surface area contributed by atoms with Gasteiger partial charge in [0.25, 0.3) is 0 Å². The third kappa shape index (κ3) is 4.41. The van der Waals surface area contributed by atoms with Crippen molar-refractivity contribution in [2.45, 2.75) is 25.4 Å². The highest BCUT2D eigenvalue weighted by Gasteiger charge is 2.21. The van der Waals surface area contributed by atoms with Crippen LogP contribution in [-0.4, -0.2) is 41.6 Å². The number of para-hydroxylation sites is 2. The predicted octanol–water partition coefficient (Wildman–Crippen LogP) is 1.40. The van der Waals surface area contributed by atoms with Gasteiger partial charge in [-0.3, -0.25) is 9.36 Å². The van der Waals surface area contributed by atoms with Crippen LogP contribution in [0.2, 0.25) is 0 Å². The molecule has 0 saturated heterocycles. The number of carbonyl (C=O) groups is 2. The first-order valence-corrected chi connectivity index (χ1v) is 8.90. The van der Waals surface area contributed by atoms with Crippen LogP contribution in [0.1, 0.15) is 12.8 Å². The van der Waals surface area contributed by atoms with Crippen molar-refractivity contribution in [3.63, 3.8) is 0 Å². The SMILES string of the molecule is COC(=O)[C@@H](CCSC)NC(=O)CCn1c(=O)oc2ccccc21. The van der Waals surface area contributed by atoms with Crippen molar-refractivity contribution in [1.29, 1.82) is 0 Å². The Bertz CT molecular complexity index is 767. The Morgan fingerprint density at radius 1 is 1.38 bits per heavy atom. The highest BCUT2D eigenvalue weighted by molar-refractivity contribution is 7.98. The number of carbonyl (C=O) groups excluding carboxylic acids is 2. The quantitative estimate of drug-likeness (QED) is 0.722. The Morgan fingerprint density at radius 2 is 2.12 bits per heavy atom. The fourth-order valence-corrected chi connectivity index (χ4v) is 2.80. The molecule has 1 atom stereocenters. The van der Waals surface area contributed by atoms with Crippen LogP contribution in [0.15, 0.2) is 33.5 Å². The number of ether oxygens (including phenoxy) is 1. The number of nitrogens with zero attached hydrogens (tertiary/aromatic N) is 1. The van der Waals surface area contributed by atoms with Crippen LogP contribution in [0.3, 0.4) is 0 Å². The fourth-order valence-electron chi connectivity index (χ4n) is 2.33. The molecule has 130 valence electrons. The highest BCUT2D eigenvalue weighted by atomic mass is 32.2. The second-order valence-corrected chi connectivity index (χ2v) is 6.15. The molecule has 24 heavy (non-hydrogen) atoms. The zero-order valence-electron chi connectivity index (χ0n) is 13.6. The van der Waals surface area contributed by atoms with Crippen molar-refractivity contribution in [3.05, 3.63) is 34.8 Å². The van der Waals surface area contributed by atoms with Crippen LogP contribution in [-0.2, 0) is 20.9 Å². The second kappa shape index (κ2) is 8.58. The van der Waals surface area contributed by atoms with E-state index in [1.54, 1.807) is 36.0 Å². The molecule has 0 aliphatic heterocycles. The average Bonchev–Trinajstić information content (AvgIpc) is 2.91. The predicted molar refractivity (Wildman–Crippen MR) is 92.0 cm³/mol. The second-order valence-electron chi connectivity index (χ2n) is 5.16. The van der Waals surface area contributed by atoms with Gasteiger partial charge in [0.1, 0.15) is 6.04 Å². The summed E-state index contributed by atoms with van der Waals surface area (Å²) in [4.78, 5) is 35.7. The van der Waals surface area contributed by atoms with Gasteiger partial charge in [0, 0.05) is 13.0 Å². The van der Waals surface area contributed by atoms with Gasteiger partial charge in [0.2, 0.25) is 5.91 Å². The molecule has 0 fully saturated rings. The fraction of sp³-hybridized carbons (Fsp3) is 0.438. The van der Waals surface area contributed by atoms with Crippen molar-refractivity contribution in [2.24, 2.45) is 0 Å². The van der Waals surface area contributed by atoms with E-state index in [1.165, 1.54) is 11.7 Å². The van der Waals surface area contributed by atoms with Gasteiger partial charge in [0.15, 0.2) is 5.58 Å². The standard InChI is InChI=1S/C16H20N2O5S/c1-22-15(20)11(8-10-24-2)17-14(19)7-9-18-12-5-3-4-6-13(12)23-16(18)21/h3-6,11H,7-10H2,1-2H3,(H,17,19)/t11-/m1/s1. The summed E-state index contributed by atoms with van der Waals surface area (Å²) in [6, 6.07) is 6.35. The third-order valence-corrected chi connectivity index (χ3v) is 4.21. The molecule has 2 rings (SSSR count). The molecule has 8 heteroatoms. The maximum atomic E-state index is 12.1. The molecule has 0 unspecified atom stereocenters. The lowest BCUT2D eigenvalue weighted by Gasteiger charge is -2.16. The van der Waals surface area contributed by atoms with Crippen LogP contribution in [0, 0.1) is 0 Å². The zero-order chi connectivity index (χ0) is 17.5. The van der Waals surface area contributed by atoms with Gasteiger partial charge < -0.3 is 14.5 Å². The summed E-state index contributed by atoms with van der Waals surface area (Å²) >= 11 is 1.58. The molecule has 1 aromatic heterocycles. The van der Waals surface area contributed by atoms with Crippen LogP contribution in [0.4, 0.5) is 0 Å². The number of rotatable bonds is 8. The zero-order valence-corrected chi connectivity index (χ0v) is 14.4. The van der Waals surface area contributed by atoms with Gasteiger partial charge in [-0.05, 0) is 30.6 Å². The van der Waals surface area contributed by atoms with Crippen LogP contribution >= 0.6 is 11.8 Å². The van der Waals surface area contributed by atoms with Crippen molar-refractivity contribution in [1.82, 2.24) is 9.88 Å². The number of aromatic nitrogens is 1. The van der Waals surface area contributed by atoms with E-state index in [9.17, 15) is 14.4 Å². The van der Waals surface area contributed by atoms with E-state index >= 15 is 0 Å². The summed E-state index contributed by atoms with van der Waals surface area (Å²) in [5.41, 5.74) is 1.12. The number of thioether (sulfide) groups is 1. The Labute approximate surface area is 143 Å². The number of amides is 1. The molecule has 1 aromatic carbocycles. The number of benzene rings is 1. The minimum atomic E-state index is -0.673. The molecule has 1 amide bonds. The number of methoxy groups -OCH3 is 1. The normalized spacial score (nSPS) is 12.1. The van der Waals surface area contributed by atoms with Gasteiger partial charge in [-0.1, -0.05) is 12.1 Å².